The van der Waals surface area contributed by atoms with Crippen LogP contribution in [0.2, 0.25) is 0 Å². The molecule has 4 aliphatic heterocycles. The average Bonchev–Trinajstić information content (AvgIpc) is 3.60. The van der Waals surface area contributed by atoms with Crippen molar-refractivity contribution in [3.05, 3.63) is 90.8 Å². The van der Waals surface area contributed by atoms with E-state index in [0.717, 1.165) is 63.1 Å². The second kappa shape index (κ2) is 12.1. The van der Waals surface area contributed by atoms with Gasteiger partial charge in [-0.05, 0) is 91.7 Å². The van der Waals surface area contributed by atoms with E-state index < -0.39 is 0 Å². The molecule has 0 aromatic carbocycles. The van der Waals surface area contributed by atoms with E-state index >= 15 is 0 Å². The molecule has 0 unspecified atom stereocenters. The SMILES string of the molecule is CCC1=C(C)C2=NC1=CC1=C(C)/C(=C\[O-])C(=N1)C=C1N=C(C=c3[n-]c(c(CO)c3C)=C2)C(C)=C1CCC(=O)OC.[Zn+2]. The second-order valence-electron chi connectivity index (χ2n) is 10.2. The molecule has 0 saturated carbocycles. The number of hydrogen-bond acceptors (Lipinski definition) is 7. The Bertz CT molecular complexity index is 1750. The number of aliphatic hydroxyl groups is 1. The third kappa shape index (κ3) is 5.36. The van der Waals surface area contributed by atoms with Crippen molar-refractivity contribution >= 4 is 35.3 Å². The molecule has 0 spiro atoms. The van der Waals surface area contributed by atoms with Crippen molar-refractivity contribution in [3.63, 3.8) is 0 Å². The van der Waals surface area contributed by atoms with Gasteiger partial charge in [0.1, 0.15) is 0 Å². The van der Waals surface area contributed by atoms with Crippen LogP contribution in [0.25, 0.3) is 12.2 Å². The number of nitrogens with zero attached hydrogens (tertiary/aromatic N) is 4. The average molecular weight is 602 g/mol. The van der Waals surface area contributed by atoms with Crippen LogP contribution >= 0.6 is 0 Å². The Balaban J connectivity index is 0.00000387. The first-order valence-corrected chi connectivity index (χ1v) is 13.4. The standard InChI is InChI=1S/C32H33N4O4.Zn/c1-7-20-16(2)26-12-30-22(14-37)18(4)25(35-30)10-24-17(3)21(8-9-32(39)40-6)29(34-24)13-31-23(15-38)19(5)27(36-31)11-28(20)33-26;/h10-13,15,37H,7-9,14H2,1-6H3,(H-,33,34,35,36,38);/q-1;+2/p-1. The number of carbonyl (C=O) groups is 1. The summed E-state index contributed by atoms with van der Waals surface area (Å²) in [6.07, 6.45) is 9.80. The van der Waals surface area contributed by atoms with Crippen molar-refractivity contribution in [2.24, 2.45) is 15.0 Å². The molecule has 1 aromatic heterocycles. The van der Waals surface area contributed by atoms with Crippen molar-refractivity contribution in [1.29, 1.82) is 0 Å². The number of allylic oxidation sites excluding steroid dienone is 8. The number of carbonyl (C=O) groups excluding carboxylic acids is 1. The van der Waals surface area contributed by atoms with E-state index in [-0.39, 0.29) is 38.5 Å². The fourth-order valence-corrected chi connectivity index (χ4v) is 5.47. The number of hydrogen-bond donors (Lipinski definition) is 1. The zero-order valence-electron chi connectivity index (χ0n) is 24.4. The van der Waals surface area contributed by atoms with Crippen LogP contribution < -0.4 is 20.8 Å². The van der Waals surface area contributed by atoms with Gasteiger partial charge in [0.2, 0.25) is 0 Å². The molecular weight excluding hydrogens is 570 g/mol. The van der Waals surface area contributed by atoms with Gasteiger partial charge in [-0.15, -0.1) is 17.0 Å². The number of methoxy groups -OCH3 is 1. The van der Waals surface area contributed by atoms with Gasteiger partial charge in [0.05, 0.1) is 47.9 Å². The second-order valence-corrected chi connectivity index (χ2v) is 10.2. The van der Waals surface area contributed by atoms with Gasteiger partial charge in [0.25, 0.3) is 0 Å². The van der Waals surface area contributed by atoms with Crippen molar-refractivity contribution in [1.82, 2.24) is 4.98 Å². The fourth-order valence-electron chi connectivity index (χ4n) is 5.47. The Morgan fingerprint density at radius 2 is 1.56 bits per heavy atom. The number of rotatable bonds is 5. The molecule has 206 valence electrons. The molecule has 0 saturated heterocycles. The van der Waals surface area contributed by atoms with Crippen LogP contribution in [0.4, 0.5) is 0 Å². The number of aliphatic hydroxyl groups excluding tert-OH is 1. The zero-order chi connectivity index (χ0) is 28.7. The van der Waals surface area contributed by atoms with Crippen LogP contribution in [0.1, 0.15) is 58.1 Å². The van der Waals surface area contributed by atoms with E-state index in [4.69, 9.17) is 24.7 Å². The fraction of sp³-hybridized carbons (Fsp3) is 0.312. The summed E-state index contributed by atoms with van der Waals surface area (Å²) >= 11 is 0. The van der Waals surface area contributed by atoms with Crippen molar-refractivity contribution in [2.75, 3.05) is 7.11 Å². The Kier molecular flexibility index (Phi) is 8.90. The molecule has 41 heavy (non-hydrogen) atoms. The van der Waals surface area contributed by atoms with Crippen molar-refractivity contribution < 1.29 is 39.2 Å². The minimum atomic E-state index is -0.312. The van der Waals surface area contributed by atoms with Gasteiger partial charge < -0.3 is 19.9 Å². The third-order valence-electron chi connectivity index (χ3n) is 8.00. The molecule has 0 radical (unpaired) electrons. The van der Waals surface area contributed by atoms with Crippen LogP contribution in [0.3, 0.4) is 0 Å². The number of aliphatic imine (C=N–C) groups is 3. The van der Waals surface area contributed by atoms with E-state index in [1.807, 2.05) is 52.0 Å². The predicted molar refractivity (Wildman–Crippen MR) is 155 cm³/mol. The minimum absolute atomic E-state index is 0. The van der Waals surface area contributed by atoms with Crippen LogP contribution in [-0.4, -0.2) is 35.3 Å². The molecule has 0 aliphatic carbocycles. The first-order valence-electron chi connectivity index (χ1n) is 13.4. The number of aromatic nitrogens is 1. The normalized spacial score (nSPS) is 18.9. The largest absolute Gasteiger partial charge is 2.00 e. The molecular formula is C32H32N4O4Zn. The Morgan fingerprint density at radius 1 is 0.927 bits per heavy atom. The molecule has 0 amide bonds. The van der Waals surface area contributed by atoms with Gasteiger partial charge in [-0.25, -0.2) is 15.0 Å². The van der Waals surface area contributed by atoms with Crippen LogP contribution in [0.5, 0.6) is 0 Å². The minimum Gasteiger partial charge on any atom is -0.877 e. The van der Waals surface area contributed by atoms with Gasteiger partial charge in [-0.3, -0.25) is 4.79 Å². The first-order chi connectivity index (χ1) is 19.2. The molecule has 0 atom stereocenters. The molecule has 4 aliphatic rings. The molecule has 9 heteroatoms. The number of ether oxygens (including phenoxy) is 1. The maximum Gasteiger partial charge on any atom is 2.00 e. The summed E-state index contributed by atoms with van der Waals surface area (Å²) in [5.41, 5.74) is 10.9. The molecule has 1 N–H and O–H groups in total. The molecule has 8 bridgehead atoms. The predicted octanol–water partition coefficient (Wildman–Crippen LogP) is 2.66. The van der Waals surface area contributed by atoms with Gasteiger partial charge in [0, 0.05) is 6.42 Å². The maximum absolute atomic E-state index is 12.2. The summed E-state index contributed by atoms with van der Waals surface area (Å²) in [5.74, 6) is -0.312. The Morgan fingerprint density at radius 3 is 2.17 bits per heavy atom. The number of fused-ring (bicyclic) bond motifs is 5. The van der Waals surface area contributed by atoms with Crippen LogP contribution in [0.15, 0.2) is 83.9 Å². The van der Waals surface area contributed by atoms with E-state index in [1.165, 1.54) is 7.11 Å². The molecule has 5 heterocycles. The summed E-state index contributed by atoms with van der Waals surface area (Å²) in [4.78, 5) is 31.6. The monoisotopic (exact) mass is 600 g/mol. The van der Waals surface area contributed by atoms with Crippen LogP contribution in [0, 0.1) is 6.92 Å². The topological polar surface area (TPSA) is 121 Å². The smallest absolute Gasteiger partial charge is 0.877 e. The Labute approximate surface area is 252 Å². The van der Waals surface area contributed by atoms with E-state index in [0.29, 0.717) is 45.5 Å². The zero-order valence-corrected chi connectivity index (χ0v) is 27.4. The van der Waals surface area contributed by atoms with Gasteiger partial charge in [-0.2, -0.15) is 0 Å². The van der Waals surface area contributed by atoms with Gasteiger partial charge >= 0.3 is 25.4 Å². The first kappa shape index (κ1) is 30.3. The maximum atomic E-state index is 12.2. The summed E-state index contributed by atoms with van der Waals surface area (Å²) in [7, 11) is 1.37. The van der Waals surface area contributed by atoms with Crippen molar-refractivity contribution in [3.8, 4) is 0 Å². The quantitative estimate of drug-likeness (QED) is 0.316. The Hall–Kier alpha value is -3.68. The molecule has 0 fully saturated rings. The summed E-state index contributed by atoms with van der Waals surface area (Å²) in [6, 6.07) is 0. The van der Waals surface area contributed by atoms with Gasteiger partial charge in [0.15, 0.2) is 0 Å². The van der Waals surface area contributed by atoms with E-state index in [2.05, 4.69) is 6.92 Å². The van der Waals surface area contributed by atoms with E-state index in [9.17, 15) is 15.0 Å². The summed E-state index contributed by atoms with van der Waals surface area (Å²) in [6.45, 7) is 9.76. The van der Waals surface area contributed by atoms with Crippen LogP contribution in [-0.2, 0) is 35.6 Å². The van der Waals surface area contributed by atoms with Gasteiger partial charge in [-0.1, -0.05) is 24.6 Å². The summed E-state index contributed by atoms with van der Waals surface area (Å²) in [5, 5.41) is 23.8. The van der Waals surface area contributed by atoms with E-state index in [1.54, 1.807) is 0 Å². The van der Waals surface area contributed by atoms with Crippen molar-refractivity contribution in [2.45, 2.75) is 60.5 Å². The molecule has 1 aromatic rings. The summed E-state index contributed by atoms with van der Waals surface area (Å²) < 4.78 is 4.87. The third-order valence-corrected chi connectivity index (χ3v) is 8.00. The molecule has 5 rings (SSSR count). The molecule has 8 nitrogen and oxygen atoms in total. The number of esters is 1.